The maximum Gasteiger partial charge on any atom is 0.354 e. The summed E-state index contributed by atoms with van der Waals surface area (Å²) in [5, 5.41) is 6.41. The fraction of sp³-hybridized carbons (Fsp3) is 0.625. The number of rotatable bonds is 1. The van der Waals surface area contributed by atoms with Crippen molar-refractivity contribution in [3.05, 3.63) is 16.3 Å². The Morgan fingerprint density at radius 2 is 2.07 bits per heavy atom. The maximum absolute atomic E-state index is 11.4. The predicted octanol–water partition coefficient (Wildman–Crippen LogP) is -0.144. The minimum atomic E-state index is -0.492. The van der Waals surface area contributed by atoms with Gasteiger partial charge in [0.15, 0.2) is 0 Å². The number of carbonyl (C=O) groups excluding carboxylic acids is 1. The average molecular weight is 198 g/mol. The second-order valence-electron chi connectivity index (χ2n) is 3.40. The molecule has 78 valence electrons. The number of aromatic nitrogens is 3. The van der Waals surface area contributed by atoms with Crippen molar-refractivity contribution in [2.75, 3.05) is 0 Å². The van der Waals surface area contributed by atoms with Gasteiger partial charge in [0.2, 0.25) is 0 Å². The first-order valence-corrected chi connectivity index (χ1v) is 4.37. The number of amides is 1. The molecule has 0 aliphatic rings. The van der Waals surface area contributed by atoms with Crippen molar-refractivity contribution in [3.8, 4) is 0 Å². The van der Waals surface area contributed by atoms with Crippen molar-refractivity contribution >= 4 is 6.03 Å². The number of nitrogens with zero attached hydrogens (tertiary/aromatic N) is 3. The predicted molar refractivity (Wildman–Crippen MR) is 51.3 cm³/mol. The molecule has 0 atom stereocenters. The Kier molecular flexibility index (Phi) is 2.73. The fourth-order valence-electron chi connectivity index (χ4n) is 0.975. The van der Waals surface area contributed by atoms with Crippen LogP contribution in [0.1, 0.15) is 19.7 Å². The Balaban J connectivity index is 3.03. The highest BCUT2D eigenvalue weighted by molar-refractivity contribution is 5.75. The highest BCUT2D eigenvalue weighted by Crippen LogP contribution is 1.86. The van der Waals surface area contributed by atoms with E-state index in [0.29, 0.717) is 5.82 Å². The topological polar surface area (TPSA) is 68.9 Å². The molecule has 0 bridgehead atoms. The van der Waals surface area contributed by atoms with Crippen LogP contribution in [-0.2, 0) is 7.05 Å². The smallest absolute Gasteiger partial charge is 0.334 e. The Morgan fingerprint density at radius 1 is 1.50 bits per heavy atom. The molecule has 1 heterocycles. The highest BCUT2D eigenvalue weighted by Gasteiger charge is 2.13. The first-order valence-electron chi connectivity index (χ1n) is 4.37. The second kappa shape index (κ2) is 3.65. The summed E-state index contributed by atoms with van der Waals surface area (Å²) in [6, 6.07) is -0.509. The van der Waals surface area contributed by atoms with Crippen molar-refractivity contribution in [1.29, 1.82) is 0 Å². The van der Waals surface area contributed by atoms with E-state index in [4.69, 9.17) is 0 Å². The van der Waals surface area contributed by atoms with Gasteiger partial charge in [-0.1, -0.05) is 0 Å². The van der Waals surface area contributed by atoms with Crippen LogP contribution < -0.4 is 11.0 Å². The quantitative estimate of drug-likeness (QED) is 0.682. The largest absolute Gasteiger partial charge is 0.354 e. The standard InChI is InChI=1S/C8H14N4O2/c1-5(2)9-7(13)12-8(14)11(4)6(3)10-12/h5H,1-4H3,(H,9,13). The molecule has 1 N–H and O–H groups in total. The van der Waals surface area contributed by atoms with Gasteiger partial charge in [0.05, 0.1) is 0 Å². The molecule has 1 rings (SSSR count). The maximum atomic E-state index is 11.4. The third-order valence-electron chi connectivity index (χ3n) is 1.80. The number of carbonyl (C=O) groups is 1. The van der Waals surface area contributed by atoms with Gasteiger partial charge in [0.1, 0.15) is 5.82 Å². The Morgan fingerprint density at radius 3 is 2.43 bits per heavy atom. The van der Waals surface area contributed by atoms with Gasteiger partial charge in [-0.3, -0.25) is 4.57 Å². The summed E-state index contributed by atoms with van der Waals surface area (Å²) >= 11 is 0. The lowest BCUT2D eigenvalue weighted by Crippen LogP contribution is -2.40. The molecule has 0 aliphatic carbocycles. The van der Waals surface area contributed by atoms with Crippen molar-refractivity contribution in [3.63, 3.8) is 0 Å². The van der Waals surface area contributed by atoms with E-state index in [1.54, 1.807) is 14.0 Å². The highest BCUT2D eigenvalue weighted by atomic mass is 16.2. The number of aryl methyl sites for hydroxylation is 1. The van der Waals surface area contributed by atoms with Crippen molar-refractivity contribution in [1.82, 2.24) is 19.7 Å². The van der Waals surface area contributed by atoms with E-state index in [9.17, 15) is 9.59 Å². The molecule has 0 fully saturated rings. The lowest BCUT2D eigenvalue weighted by Gasteiger charge is -2.05. The summed E-state index contributed by atoms with van der Waals surface area (Å²) in [6.45, 7) is 5.30. The molecule has 1 aromatic rings. The van der Waals surface area contributed by atoms with E-state index in [-0.39, 0.29) is 6.04 Å². The van der Waals surface area contributed by atoms with E-state index in [2.05, 4.69) is 10.4 Å². The van der Waals surface area contributed by atoms with Gasteiger partial charge >= 0.3 is 11.7 Å². The summed E-state index contributed by atoms with van der Waals surface area (Å²) < 4.78 is 2.15. The van der Waals surface area contributed by atoms with Crippen LogP contribution in [0, 0.1) is 6.92 Å². The molecule has 1 amide bonds. The van der Waals surface area contributed by atoms with E-state index in [1.165, 1.54) is 4.57 Å². The van der Waals surface area contributed by atoms with Crippen LogP contribution in [0.3, 0.4) is 0 Å². The number of hydrogen-bond acceptors (Lipinski definition) is 3. The van der Waals surface area contributed by atoms with Crippen molar-refractivity contribution in [2.45, 2.75) is 26.8 Å². The van der Waals surface area contributed by atoms with Crippen LogP contribution >= 0.6 is 0 Å². The number of hydrogen-bond donors (Lipinski definition) is 1. The molecule has 0 saturated heterocycles. The molecule has 0 spiro atoms. The summed E-state index contributed by atoms with van der Waals surface area (Å²) in [6.07, 6.45) is 0. The molecule has 14 heavy (non-hydrogen) atoms. The van der Waals surface area contributed by atoms with Gasteiger partial charge in [-0.05, 0) is 20.8 Å². The molecule has 0 radical (unpaired) electrons. The van der Waals surface area contributed by atoms with E-state index in [1.807, 2.05) is 13.8 Å². The molecular formula is C8H14N4O2. The van der Waals surface area contributed by atoms with Gasteiger partial charge < -0.3 is 5.32 Å². The van der Waals surface area contributed by atoms with E-state index < -0.39 is 11.7 Å². The van der Waals surface area contributed by atoms with E-state index >= 15 is 0 Å². The molecule has 0 aromatic carbocycles. The van der Waals surface area contributed by atoms with Gasteiger partial charge in [-0.25, -0.2) is 9.59 Å². The van der Waals surface area contributed by atoms with Gasteiger partial charge in [-0.15, -0.1) is 9.78 Å². The van der Waals surface area contributed by atoms with Crippen molar-refractivity contribution < 1.29 is 4.79 Å². The van der Waals surface area contributed by atoms with Gasteiger partial charge in [-0.2, -0.15) is 0 Å². The Labute approximate surface area is 81.5 Å². The van der Waals surface area contributed by atoms with Crippen LogP contribution in [-0.4, -0.2) is 26.4 Å². The first kappa shape index (κ1) is 10.5. The lowest BCUT2D eigenvalue weighted by molar-refractivity contribution is 0.236. The van der Waals surface area contributed by atoms with Gasteiger partial charge in [0.25, 0.3) is 0 Å². The van der Waals surface area contributed by atoms with E-state index in [0.717, 1.165) is 4.68 Å². The Hall–Kier alpha value is -1.59. The summed E-state index contributed by atoms with van der Waals surface area (Å²) in [5.41, 5.74) is -0.430. The first-order chi connectivity index (χ1) is 6.43. The van der Waals surface area contributed by atoms with Crippen molar-refractivity contribution in [2.24, 2.45) is 7.05 Å². The average Bonchev–Trinajstić information content (AvgIpc) is 2.32. The molecule has 0 unspecified atom stereocenters. The lowest BCUT2D eigenvalue weighted by atomic mass is 10.4. The minimum absolute atomic E-state index is 0.0169. The Bertz CT molecular complexity index is 402. The van der Waals surface area contributed by atoms with Crippen LogP contribution in [0.15, 0.2) is 4.79 Å². The minimum Gasteiger partial charge on any atom is -0.334 e. The third-order valence-corrected chi connectivity index (χ3v) is 1.80. The zero-order valence-electron chi connectivity index (χ0n) is 8.74. The van der Waals surface area contributed by atoms with Crippen LogP contribution in [0.25, 0.3) is 0 Å². The van der Waals surface area contributed by atoms with Crippen LogP contribution in [0.4, 0.5) is 4.79 Å². The molecule has 6 heteroatoms. The fourth-order valence-corrected chi connectivity index (χ4v) is 0.975. The van der Waals surface area contributed by atoms with Crippen LogP contribution in [0.2, 0.25) is 0 Å². The number of nitrogens with one attached hydrogen (secondary N) is 1. The zero-order chi connectivity index (χ0) is 10.9. The monoisotopic (exact) mass is 198 g/mol. The molecule has 6 nitrogen and oxygen atoms in total. The summed E-state index contributed by atoms with van der Waals surface area (Å²) in [5.74, 6) is 0.508. The molecule has 0 aliphatic heterocycles. The molecular weight excluding hydrogens is 184 g/mol. The molecule has 1 aromatic heterocycles. The summed E-state index contributed by atoms with van der Waals surface area (Å²) in [7, 11) is 1.57. The third kappa shape index (κ3) is 1.84. The SMILES string of the molecule is Cc1nn(C(=O)NC(C)C)c(=O)n1C. The summed E-state index contributed by atoms with van der Waals surface area (Å²) in [4.78, 5) is 22.8. The van der Waals surface area contributed by atoms with Crippen LogP contribution in [0.5, 0.6) is 0 Å². The molecule has 0 saturated carbocycles. The second-order valence-corrected chi connectivity index (χ2v) is 3.40. The normalized spacial score (nSPS) is 10.6. The van der Waals surface area contributed by atoms with Gasteiger partial charge in [0, 0.05) is 13.1 Å². The zero-order valence-corrected chi connectivity index (χ0v) is 8.74.